The molecule has 0 heterocycles. The maximum Gasteiger partial charge on any atom is 0.243 e. The second-order valence-corrected chi connectivity index (χ2v) is 13.6. The molecule has 10 heteroatoms. The molecule has 0 spiro atoms. The molecular formula is C34H42ClN3O5S. The Balaban J connectivity index is 1.61. The van der Waals surface area contributed by atoms with E-state index < -0.39 is 16.1 Å². The van der Waals surface area contributed by atoms with E-state index in [2.05, 4.69) is 5.32 Å². The number of halogens is 1. The molecule has 1 N–H and O–H groups in total. The van der Waals surface area contributed by atoms with Crippen molar-refractivity contribution in [1.82, 2.24) is 10.2 Å². The van der Waals surface area contributed by atoms with E-state index in [-0.39, 0.29) is 43.8 Å². The summed E-state index contributed by atoms with van der Waals surface area (Å²) in [6.45, 7) is 0.221. The van der Waals surface area contributed by atoms with Crippen LogP contribution in [0.3, 0.4) is 0 Å². The van der Waals surface area contributed by atoms with Gasteiger partial charge in [-0.3, -0.25) is 13.9 Å². The molecule has 3 aromatic rings. The minimum absolute atomic E-state index is 0.0353. The number of para-hydroxylation sites is 2. The van der Waals surface area contributed by atoms with Gasteiger partial charge in [0.1, 0.15) is 11.8 Å². The molecule has 1 saturated carbocycles. The Hall–Kier alpha value is -3.56. The fourth-order valence-corrected chi connectivity index (χ4v) is 6.89. The van der Waals surface area contributed by atoms with Gasteiger partial charge in [-0.05, 0) is 48.6 Å². The average Bonchev–Trinajstić information content (AvgIpc) is 3.02. The Kier molecular flexibility index (Phi) is 12.1. The first-order valence-electron chi connectivity index (χ1n) is 15.1. The van der Waals surface area contributed by atoms with Crippen molar-refractivity contribution in [2.75, 3.05) is 24.2 Å². The number of carbonyl (C=O) groups excluding carboxylic acids is 2. The number of hydrogen-bond donors (Lipinski definition) is 1. The number of carbonyl (C=O) groups is 2. The summed E-state index contributed by atoms with van der Waals surface area (Å²) in [5.74, 6) is -0.0158. The summed E-state index contributed by atoms with van der Waals surface area (Å²) in [7, 11) is -2.18. The monoisotopic (exact) mass is 639 g/mol. The van der Waals surface area contributed by atoms with E-state index in [9.17, 15) is 18.0 Å². The minimum atomic E-state index is -3.66. The normalized spacial score (nSPS) is 14.4. The van der Waals surface area contributed by atoms with Gasteiger partial charge >= 0.3 is 0 Å². The van der Waals surface area contributed by atoms with Crippen molar-refractivity contribution in [3.8, 4) is 5.75 Å². The van der Waals surface area contributed by atoms with Crippen molar-refractivity contribution >= 4 is 39.1 Å². The smallest absolute Gasteiger partial charge is 0.243 e. The number of ether oxygens (including phenoxy) is 1. The largest absolute Gasteiger partial charge is 0.495 e. The zero-order chi connectivity index (χ0) is 31.5. The van der Waals surface area contributed by atoms with Gasteiger partial charge in [-0.1, -0.05) is 91.5 Å². The molecule has 0 radical (unpaired) electrons. The summed E-state index contributed by atoms with van der Waals surface area (Å²) >= 11 is 6.54. The molecule has 1 aliphatic rings. The van der Waals surface area contributed by atoms with Crippen LogP contribution in [-0.4, -0.2) is 57.1 Å². The molecule has 1 atom stereocenters. The van der Waals surface area contributed by atoms with Crippen LogP contribution in [0.25, 0.3) is 0 Å². The Bertz CT molecular complexity index is 1500. The van der Waals surface area contributed by atoms with Crippen LogP contribution in [0, 0.1) is 0 Å². The van der Waals surface area contributed by atoms with Crippen molar-refractivity contribution in [2.45, 2.75) is 70.0 Å². The first-order valence-corrected chi connectivity index (χ1v) is 17.4. The Morgan fingerprint density at radius 2 is 1.61 bits per heavy atom. The van der Waals surface area contributed by atoms with E-state index in [0.717, 1.165) is 49.5 Å². The lowest BCUT2D eigenvalue weighted by Crippen LogP contribution is -2.53. The predicted molar refractivity (Wildman–Crippen MR) is 175 cm³/mol. The van der Waals surface area contributed by atoms with Crippen LogP contribution in [-0.2, 0) is 32.6 Å². The van der Waals surface area contributed by atoms with E-state index >= 15 is 0 Å². The molecule has 4 rings (SSSR count). The highest BCUT2D eigenvalue weighted by Crippen LogP contribution is 2.30. The topological polar surface area (TPSA) is 96.0 Å². The first-order chi connectivity index (χ1) is 21.2. The molecule has 3 aromatic carbocycles. The number of nitrogens with zero attached hydrogens (tertiary/aromatic N) is 2. The molecule has 0 bridgehead atoms. The zero-order valence-electron chi connectivity index (χ0n) is 25.5. The second-order valence-electron chi connectivity index (χ2n) is 11.3. The van der Waals surface area contributed by atoms with E-state index in [1.807, 2.05) is 48.5 Å². The summed E-state index contributed by atoms with van der Waals surface area (Å²) in [6.07, 6.45) is 6.90. The number of benzene rings is 3. The lowest BCUT2D eigenvalue weighted by Gasteiger charge is -2.34. The van der Waals surface area contributed by atoms with Gasteiger partial charge in [0, 0.05) is 37.0 Å². The number of nitrogens with one attached hydrogen (secondary N) is 1. The van der Waals surface area contributed by atoms with Crippen molar-refractivity contribution in [2.24, 2.45) is 0 Å². The van der Waals surface area contributed by atoms with Crippen LogP contribution >= 0.6 is 11.6 Å². The summed E-state index contributed by atoms with van der Waals surface area (Å²) in [5, 5.41) is 3.75. The molecule has 2 amide bonds. The molecule has 8 nitrogen and oxygen atoms in total. The summed E-state index contributed by atoms with van der Waals surface area (Å²) in [6, 6.07) is 23.2. The van der Waals surface area contributed by atoms with Crippen molar-refractivity contribution in [3.05, 3.63) is 95.0 Å². The lowest BCUT2D eigenvalue weighted by atomic mass is 9.94. The van der Waals surface area contributed by atoms with Crippen molar-refractivity contribution < 1.29 is 22.7 Å². The molecule has 0 saturated heterocycles. The number of rotatable bonds is 14. The van der Waals surface area contributed by atoms with Gasteiger partial charge in [0.2, 0.25) is 21.8 Å². The fraction of sp³-hybridized carbons (Fsp3) is 0.412. The van der Waals surface area contributed by atoms with Gasteiger partial charge in [0.25, 0.3) is 0 Å². The standard InChI is InChI=1S/C34H42ClN3O5S/c1-43-32-21-12-11-20-30(32)38(44(2,41)42)23-13-22-33(39)37(25-27-16-9-10-19-29(27)35)31(24-26-14-5-3-6-15-26)34(40)36-28-17-7-4-8-18-28/h3,5-6,9-12,14-16,19-21,28,31H,4,7-8,13,17-18,22-25H2,1-2H3,(H,36,40)/t31-/m1/s1. The Labute approximate surface area is 266 Å². The van der Waals surface area contributed by atoms with Crippen LogP contribution in [0.15, 0.2) is 78.9 Å². The number of hydrogen-bond acceptors (Lipinski definition) is 5. The van der Waals surface area contributed by atoms with E-state index in [4.69, 9.17) is 16.3 Å². The summed E-state index contributed by atoms with van der Waals surface area (Å²) in [5.41, 5.74) is 2.08. The SMILES string of the molecule is COc1ccccc1N(CCCC(=O)N(Cc1ccccc1Cl)[C@H](Cc1ccccc1)C(=O)NC1CCCCC1)S(C)(=O)=O. The molecule has 0 unspecified atom stereocenters. The third-order valence-electron chi connectivity index (χ3n) is 8.03. The van der Waals surface area contributed by atoms with Gasteiger partial charge < -0.3 is 15.0 Å². The molecule has 1 aliphatic carbocycles. The molecule has 1 fully saturated rings. The van der Waals surface area contributed by atoms with Crippen LogP contribution < -0.4 is 14.4 Å². The van der Waals surface area contributed by atoms with Crippen LogP contribution in [0.2, 0.25) is 5.02 Å². The third kappa shape index (κ3) is 9.22. The van der Waals surface area contributed by atoms with Gasteiger partial charge in [0.05, 0.1) is 19.1 Å². The van der Waals surface area contributed by atoms with Gasteiger partial charge in [0.15, 0.2) is 0 Å². The summed E-state index contributed by atoms with van der Waals surface area (Å²) < 4.78 is 32.2. The van der Waals surface area contributed by atoms with Crippen molar-refractivity contribution in [3.63, 3.8) is 0 Å². The Morgan fingerprint density at radius 1 is 0.955 bits per heavy atom. The quantitative estimate of drug-likeness (QED) is 0.234. The van der Waals surface area contributed by atoms with Crippen LogP contribution in [0.5, 0.6) is 5.75 Å². The summed E-state index contributed by atoms with van der Waals surface area (Å²) in [4.78, 5) is 29.7. The molecule has 236 valence electrons. The van der Waals surface area contributed by atoms with Crippen LogP contribution in [0.1, 0.15) is 56.1 Å². The number of anilines is 1. The highest BCUT2D eigenvalue weighted by Gasteiger charge is 2.32. The second kappa shape index (κ2) is 16.0. The maximum atomic E-state index is 14.1. The minimum Gasteiger partial charge on any atom is -0.495 e. The predicted octanol–water partition coefficient (Wildman–Crippen LogP) is 5.98. The molecule has 0 aromatic heterocycles. The van der Waals surface area contributed by atoms with E-state index in [0.29, 0.717) is 22.9 Å². The maximum absolute atomic E-state index is 14.1. The Morgan fingerprint density at radius 3 is 2.30 bits per heavy atom. The van der Waals surface area contributed by atoms with Crippen LogP contribution in [0.4, 0.5) is 5.69 Å². The molecular weight excluding hydrogens is 598 g/mol. The number of amides is 2. The first kappa shape index (κ1) is 33.3. The van der Waals surface area contributed by atoms with E-state index in [1.165, 1.54) is 11.4 Å². The zero-order valence-corrected chi connectivity index (χ0v) is 27.0. The fourth-order valence-electron chi connectivity index (χ4n) is 5.73. The van der Waals surface area contributed by atoms with Crippen molar-refractivity contribution in [1.29, 1.82) is 0 Å². The highest BCUT2D eigenvalue weighted by atomic mass is 35.5. The van der Waals surface area contributed by atoms with Gasteiger partial charge in [-0.25, -0.2) is 8.42 Å². The molecule has 44 heavy (non-hydrogen) atoms. The number of methoxy groups -OCH3 is 1. The van der Waals surface area contributed by atoms with Gasteiger partial charge in [-0.2, -0.15) is 0 Å². The highest BCUT2D eigenvalue weighted by molar-refractivity contribution is 7.92. The number of sulfonamides is 1. The third-order valence-corrected chi connectivity index (χ3v) is 9.58. The lowest BCUT2D eigenvalue weighted by molar-refractivity contribution is -0.141. The molecule has 0 aliphatic heterocycles. The average molecular weight is 640 g/mol. The van der Waals surface area contributed by atoms with Gasteiger partial charge in [-0.15, -0.1) is 0 Å². The van der Waals surface area contributed by atoms with E-state index in [1.54, 1.807) is 35.2 Å².